The molecule has 1 atom stereocenters. The number of nitrogens with zero attached hydrogens (tertiary/aromatic N) is 2. The van der Waals surface area contributed by atoms with E-state index in [0.29, 0.717) is 17.7 Å². The maximum Gasteiger partial charge on any atom is 0.250 e. The van der Waals surface area contributed by atoms with E-state index < -0.39 is 0 Å². The predicted octanol–water partition coefficient (Wildman–Crippen LogP) is 5.00. The van der Waals surface area contributed by atoms with Crippen LogP contribution in [0, 0.1) is 12.7 Å². The average molecular weight is 443 g/mol. The molecule has 3 rings (SSSR count). The number of hydrogen-bond donors (Lipinski definition) is 1. The van der Waals surface area contributed by atoms with Crippen LogP contribution in [-0.4, -0.2) is 15.5 Å². The molecular weight excluding hydrogens is 423 g/mol. The van der Waals surface area contributed by atoms with Gasteiger partial charge in [0.1, 0.15) is 5.82 Å². The highest BCUT2D eigenvalue weighted by molar-refractivity contribution is 9.10. The number of aryl methyl sites for hydroxylation is 2. The van der Waals surface area contributed by atoms with Crippen LogP contribution in [-0.2, 0) is 7.05 Å². The molecule has 1 N–H and O–H groups in total. The van der Waals surface area contributed by atoms with Gasteiger partial charge in [-0.15, -0.1) is 0 Å². The zero-order valence-corrected chi connectivity index (χ0v) is 17.1. The maximum atomic E-state index is 13.6. The molecule has 0 saturated heterocycles. The lowest BCUT2D eigenvalue weighted by molar-refractivity contribution is 0.317. The molecule has 144 valence electrons. The van der Waals surface area contributed by atoms with Gasteiger partial charge in [-0.3, -0.25) is 4.79 Å². The van der Waals surface area contributed by atoms with Crippen LogP contribution in [0.3, 0.4) is 0 Å². The highest BCUT2D eigenvalue weighted by Gasteiger charge is 2.21. The number of oxime groups is 1. The first-order valence-electron chi connectivity index (χ1n) is 8.78. The van der Waals surface area contributed by atoms with Crippen molar-refractivity contribution in [3.05, 3.63) is 104 Å². The number of benzene rings is 2. The zero-order chi connectivity index (χ0) is 20.3. The highest BCUT2D eigenvalue weighted by Crippen LogP contribution is 2.33. The maximum absolute atomic E-state index is 13.6. The summed E-state index contributed by atoms with van der Waals surface area (Å²) in [5.74, 6) is -0.429. The molecule has 1 aromatic heterocycles. The van der Waals surface area contributed by atoms with Crippen molar-refractivity contribution in [2.24, 2.45) is 12.2 Å². The Kier molecular flexibility index (Phi) is 6.09. The molecule has 6 heteroatoms. The molecule has 0 amide bonds. The van der Waals surface area contributed by atoms with Crippen molar-refractivity contribution in [2.75, 3.05) is 0 Å². The fourth-order valence-electron chi connectivity index (χ4n) is 3.31. The minimum Gasteiger partial charge on any atom is -0.411 e. The fourth-order valence-corrected chi connectivity index (χ4v) is 3.57. The van der Waals surface area contributed by atoms with Gasteiger partial charge >= 0.3 is 0 Å². The van der Waals surface area contributed by atoms with Crippen LogP contribution >= 0.6 is 15.9 Å². The molecular formula is C22H20BrFN2O2. The van der Waals surface area contributed by atoms with Crippen molar-refractivity contribution < 1.29 is 9.60 Å². The first-order valence-corrected chi connectivity index (χ1v) is 9.58. The summed E-state index contributed by atoms with van der Waals surface area (Å²) in [6, 6.07) is 15.7. The van der Waals surface area contributed by atoms with Gasteiger partial charge in [-0.2, -0.15) is 0 Å². The molecule has 0 aliphatic carbocycles. The van der Waals surface area contributed by atoms with Gasteiger partial charge in [-0.25, -0.2) is 4.39 Å². The van der Waals surface area contributed by atoms with Crippen LogP contribution in [0.1, 0.15) is 34.6 Å². The van der Waals surface area contributed by atoms with Crippen molar-refractivity contribution in [3.8, 4) is 0 Å². The lowest BCUT2D eigenvalue weighted by Crippen LogP contribution is -2.18. The Balaban J connectivity index is 2.06. The van der Waals surface area contributed by atoms with E-state index in [1.165, 1.54) is 22.8 Å². The van der Waals surface area contributed by atoms with E-state index >= 15 is 0 Å². The van der Waals surface area contributed by atoms with Gasteiger partial charge in [0.15, 0.2) is 0 Å². The summed E-state index contributed by atoms with van der Waals surface area (Å²) in [5, 5.41) is 13.2. The third-order valence-electron chi connectivity index (χ3n) is 4.82. The Hall–Kier alpha value is -2.73. The van der Waals surface area contributed by atoms with Gasteiger partial charge in [0.25, 0.3) is 0 Å². The highest BCUT2D eigenvalue weighted by atomic mass is 79.9. The summed E-state index contributed by atoms with van der Waals surface area (Å²) in [6.45, 7) is 1.87. The summed E-state index contributed by atoms with van der Waals surface area (Å²) < 4.78 is 16.0. The molecule has 0 aliphatic heterocycles. The van der Waals surface area contributed by atoms with Crippen molar-refractivity contribution in [3.63, 3.8) is 0 Å². The van der Waals surface area contributed by atoms with Crippen LogP contribution in [0.15, 0.2) is 75.2 Å². The lowest BCUT2D eigenvalue weighted by atomic mass is 9.83. The van der Waals surface area contributed by atoms with Gasteiger partial charge in [0.2, 0.25) is 5.56 Å². The predicted molar refractivity (Wildman–Crippen MR) is 112 cm³/mol. The van der Waals surface area contributed by atoms with Crippen LogP contribution < -0.4 is 5.56 Å². The van der Waals surface area contributed by atoms with Gasteiger partial charge in [0, 0.05) is 41.7 Å². The Morgan fingerprint density at radius 1 is 1.18 bits per heavy atom. The van der Waals surface area contributed by atoms with Crippen LogP contribution in [0.5, 0.6) is 0 Å². The smallest absolute Gasteiger partial charge is 0.250 e. The molecule has 0 radical (unpaired) electrons. The van der Waals surface area contributed by atoms with Gasteiger partial charge in [-0.05, 0) is 53.9 Å². The van der Waals surface area contributed by atoms with E-state index in [1.54, 1.807) is 25.4 Å². The molecule has 0 spiro atoms. The number of rotatable bonds is 5. The SMILES string of the molecule is Cc1cc(F)ccc1[C@H](CC(=NO)c1ccc(=O)n(C)c1)c1ccc(Br)cc1. The quantitative estimate of drug-likeness (QED) is 0.343. The molecule has 28 heavy (non-hydrogen) atoms. The van der Waals surface area contributed by atoms with Crippen molar-refractivity contribution in [1.82, 2.24) is 4.57 Å². The third-order valence-corrected chi connectivity index (χ3v) is 5.35. The molecule has 1 heterocycles. The normalized spacial score (nSPS) is 12.8. The Labute approximate surface area is 171 Å². The summed E-state index contributed by atoms with van der Waals surface area (Å²) in [5.41, 5.74) is 3.77. The number of hydrogen-bond acceptors (Lipinski definition) is 3. The van der Waals surface area contributed by atoms with E-state index in [2.05, 4.69) is 21.1 Å². The molecule has 4 nitrogen and oxygen atoms in total. The first-order chi connectivity index (χ1) is 13.4. The molecule has 0 bridgehead atoms. The molecule has 0 unspecified atom stereocenters. The lowest BCUT2D eigenvalue weighted by Gasteiger charge is -2.21. The van der Waals surface area contributed by atoms with Gasteiger partial charge in [-0.1, -0.05) is 39.3 Å². The van der Waals surface area contributed by atoms with Crippen molar-refractivity contribution >= 4 is 21.6 Å². The number of aromatic nitrogens is 1. The van der Waals surface area contributed by atoms with E-state index in [-0.39, 0.29) is 17.3 Å². The van der Waals surface area contributed by atoms with Crippen molar-refractivity contribution in [1.29, 1.82) is 0 Å². The van der Waals surface area contributed by atoms with E-state index in [9.17, 15) is 14.4 Å². The second kappa shape index (κ2) is 8.52. The van der Waals surface area contributed by atoms with E-state index in [1.807, 2.05) is 31.2 Å². The minimum atomic E-state index is -0.287. The molecule has 0 fully saturated rings. The second-order valence-corrected chi connectivity index (χ2v) is 7.64. The molecule has 3 aromatic rings. The van der Waals surface area contributed by atoms with Crippen LogP contribution in [0.2, 0.25) is 0 Å². The summed E-state index contributed by atoms with van der Waals surface area (Å²) in [7, 11) is 1.65. The molecule has 2 aromatic carbocycles. The minimum absolute atomic E-state index is 0.139. The summed E-state index contributed by atoms with van der Waals surface area (Å²) in [6.07, 6.45) is 2.04. The van der Waals surface area contributed by atoms with Gasteiger partial charge in [0.05, 0.1) is 5.71 Å². The van der Waals surface area contributed by atoms with Crippen LogP contribution in [0.25, 0.3) is 0 Å². The Bertz CT molecular complexity index is 1070. The molecule has 0 saturated carbocycles. The second-order valence-electron chi connectivity index (χ2n) is 6.72. The zero-order valence-electron chi connectivity index (χ0n) is 15.6. The largest absolute Gasteiger partial charge is 0.411 e. The fraction of sp³-hybridized carbons (Fsp3) is 0.182. The number of pyridine rings is 1. The average Bonchev–Trinajstić information content (AvgIpc) is 2.67. The topological polar surface area (TPSA) is 54.6 Å². The monoisotopic (exact) mass is 442 g/mol. The standard InChI is InChI=1S/C22H20BrFN2O2/c1-14-11-18(24)8-9-19(14)20(15-3-6-17(23)7-4-15)12-21(25-28)16-5-10-22(27)26(2)13-16/h3-11,13,20,28H,12H2,1-2H3/t20-/m1/s1. The van der Waals surface area contributed by atoms with E-state index in [4.69, 9.17) is 0 Å². The third kappa shape index (κ3) is 4.39. The summed E-state index contributed by atoms with van der Waals surface area (Å²) >= 11 is 3.45. The van der Waals surface area contributed by atoms with Crippen molar-refractivity contribution in [2.45, 2.75) is 19.3 Å². The number of halogens is 2. The molecule has 0 aliphatic rings. The first kappa shape index (κ1) is 20.0. The summed E-state index contributed by atoms with van der Waals surface area (Å²) in [4.78, 5) is 11.7. The van der Waals surface area contributed by atoms with E-state index in [0.717, 1.165) is 21.2 Å². The van der Waals surface area contributed by atoms with Gasteiger partial charge < -0.3 is 9.77 Å². The Morgan fingerprint density at radius 3 is 2.50 bits per heavy atom. The van der Waals surface area contributed by atoms with Crippen LogP contribution in [0.4, 0.5) is 4.39 Å². The Morgan fingerprint density at radius 2 is 1.89 bits per heavy atom.